The summed E-state index contributed by atoms with van der Waals surface area (Å²) in [5.74, 6) is 0.229. The predicted molar refractivity (Wildman–Crippen MR) is 84.2 cm³/mol. The second-order valence-electron chi connectivity index (χ2n) is 4.34. The van der Waals surface area contributed by atoms with Crippen LogP contribution in [0.25, 0.3) is 0 Å². The van der Waals surface area contributed by atoms with Gasteiger partial charge in [-0.2, -0.15) is 0 Å². The van der Waals surface area contributed by atoms with E-state index >= 15 is 0 Å². The number of carbonyl (C=O) groups excluding carboxylic acids is 1. The number of carbonyl (C=O) groups is 1. The van der Waals surface area contributed by atoms with Gasteiger partial charge in [0.1, 0.15) is 5.75 Å². The fraction of sp³-hybridized carbons (Fsp3) is 0.133. The van der Waals surface area contributed by atoms with Crippen LogP contribution >= 0.6 is 15.9 Å². The Morgan fingerprint density at radius 2 is 2.05 bits per heavy atom. The van der Waals surface area contributed by atoms with Crippen molar-refractivity contribution in [2.24, 2.45) is 0 Å². The van der Waals surface area contributed by atoms with Crippen LogP contribution in [0.5, 0.6) is 5.75 Å². The molecular weight excluding hydrogens is 320 g/mol. The monoisotopic (exact) mass is 334 g/mol. The highest BCUT2D eigenvalue weighted by Gasteiger charge is 2.13. The summed E-state index contributed by atoms with van der Waals surface area (Å²) in [6.45, 7) is 1.96. The lowest BCUT2D eigenvalue weighted by Crippen LogP contribution is -2.14. The van der Waals surface area contributed by atoms with Gasteiger partial charge in [0.25, 0.3) is 5.91 Å². The minimum absolute atomic E-state index is 0.261. The van der Waals surface area contributed by atoms with Gasteiger partial charge in [0.05, 0.1) is 18.4 Å². The normalized spacial score (nSPS) is 10.2. The van der Waals surface area contributed by atoms with Gasteiger partial charge < -0.3 is 15.8 Å². The van der Waals surface area contributed by atoms with Crippen molar-refractivity contribution in [3.8, 4) is 5.75 Å². The number of methoxy groups -OCH3 is 1. The summed E-state index contributed by atoms with van der Waals surface area (Å²) in [6, 6.07) is 10.7. The maximum atomic E-state index is 12.2. The highest BCUT2D eigenvalue weighted by molar-refractivity contribution is 9.10. The highest BCUT2D eigenvalue weighted by atomic mass is 79.9. The molecule has 0 atom stereocenters. The third kappa shape index (κ3) is 2.93. The molecule has 4 nitrogen and oxygen atoms in total. The van der Waals surface area contributed by atoms with Gasteiger partial charge in [-0.05, 0) is 42.8 Å². The Hall–Kier alpha value is -2.01. The number of nitrogens with one attached hydrogen (secondary N) is 1. The summed E-state index contributed by atoms with van der Waals surface area (Å²) in [6.07, 6.45) is 0. The van der Waals surface area contributed by atoms with Crippen LogP contribution in [0.4, 0.5) is 11.4 Å². The molecule has 0 aliphatic rings. The van der Waals surface area contributed by atoms with Crippen molar-refractivity contribution in [2.45, 2.75) is 6.92 Å². The molecule has 20 heavy (non-hydrogen) atoms. The zero-order valence-electron chi connectivity index (χ0n) is 11.2. The first-order valence-electron chi connectivity index (χ1n) is 6.03. The lowest BCUT2D eigenvalue weighted by Gasteiger charge is -2.11. The largest absolute Gasteiger partial charge is 0.495 e. The predicted octanol–water partition coefficient (Wildman–Crippen LogP) is 3.60. The summed E-state index contributed by atoms with van der Waals surface area (Å²) in [5.41, 5.74) is 8.40. The smallest absolute Gasteiger partial charge is 0.257 e. The van der Waals surface area contributed by atoms with Gasteiger partial charge >= 0.3 is 0 Å². The van der Waals surface area contributed by atoms with E-state index < -0.39 is 0 Å². The third-order valence-electron chi connectivity index (χ3n) is 2.95. The summed E-state index contributed by atoms with van der Waals surface area (Å²) >= 11 is 3.42. The van der Waals surface area contributed by atoms with Crippen molar-refractivity contribution < 1.29 is 9.53 Å². The Labute approximate surface area is 126 Å². The van der Waals surface area contributed by atoms with Crippen molar-refractivity contribution in [3.05, 3.63) is 52.0 Å². The van der Waals surface area contributed by atoms with Crippen LogP contribution in [-0.4, -0.2) is 13.0 Å². The van der Waals surface area contributed by atoms with Crippen molar-refractivity contribution in [2.75, 3.05) is 18.2 Å². The number of nitrogen functional groups attached to an aromatic ring is 1. The first-order valence-corrected chi connectivity index (χ1v) is 6.82. The Morgan fingerprint density at radius 3 is 2.70 bits per heavy atom. The molecule has 1 amide bonds. The van der Waals surface area contributed by atoms with E-state index in [1.54, 1.807) is 18.2 Å². The highest BCUT2D eigenvalue weighted by Crippen LogP contribution is 2.26. The Morgan fingerprint density at radius 1 is 1.30 bits per heavy atom. The molecule has 0 heterocycles. The van der Waals surface area contributed by atoms with Crippen molar-refractivity contribution in [1.82, 2.24) is 0 Å². The van der Waals surface area contributed by atoms with Crippen LogP contribution in [0.15, 0.2) is 40.9 Å². The number of hydrogen-bond donors (Lipinski definition) is 2. The van der Waals surface area contributed by atoms with E-state index in [9.17, 15) is 4.79 Å². The Kier molecular flexibility index (Phi) is 4.29. The van der Waals surface area contributed by atoms with Crippen LogP contribution < -0.4 is 15.8 Å². The van der Waals surface area contributed by atoms with Gasteiger partial charge in [-0.15, -0.1) is 0 Å². The summed E-state index contributed by atoms with van der Waals surface area (Å²) in [7, 11) is 1.52. The number of amides is 1. The lowest BCUT2D eigenvalue weighted by atomic mass is 10.1. The first-order chi connectivity index (χ1) is 9.52. The van der Waals surface area contributed by atoms with Gasteiger partial charge in [-0.25, -0.2) is 0 Å². The quantitative estimate of drug-likeness (QED) is 0.843. The molecule has 2 rings (SSSR count). The van der Waals surface area contributed by atoms with E-state index in [0.717, 1.165) is 15.7 Å². The van der Waals surface area contributed by atoms with E-state index in [-0.39, 0.29) is 5.91 Å². The Bertz CT molecular complexity index is 656. The Balaban J connectivity index is 2.26. The number of halogens is 1. The van der Waals surface area contributed by atoms with Crippen LogP contribution in [0, 0.1) is 6.92 Å². The minimum Gasteiger partial charge on any atom is -0.495 e. The third-order valence-corrected chi connectivity index (χ3v) is 3.84. The van der Waals surface area contributed by atoms with Crippen LogP contribution in [0.1, 0.15) is 15.9 Å². The summed E-state index contributed by atoms with van der Waals surface area (Å²) in [4.78, 5) is 12.2. The number of benzene rings is 2. The molecule has 0 fully saturated rings. The molecule has 0 aromatic heterocycles. The average molecular weight is 335 g/mol. The molecule has 0 saturated heterocycles. The maximum absolute atomic E-state index is 12.2. The molecule has 104 valence electrons. The summed E-state index contributed by atoms with van der Waals surface area (Å²) in [5, 5.41) is 2.82. The van der Waals surface area contributed by atoms with Crippen LogP contribution in [0.3, 0.4) is 0 Å². The average Bonchev–Trinajstić information content (AvgIpc) is 2.43. The molecule has 0 bridgehead atoms. The molecule has 2 aromatic rings. The molecule has 0 saturated carbocycles. The molecule has 0 aliphatic heterocycles. The van der Waals surface area contributed by atoms with E-state index in [2.05, 4.69) is 21.2 Å². The standard InChI is InChI=1S/C15H15BrN2O2/c1-9-8-10(6-7-12(9)16)18-15(19)11-4-3-5-13(20-2)14(11)17/h3-8H,17H2,1-2H3,(H,18,19). The van der Waals surface area contributed by atoms with Crippen molar-refractivity contribution in [3.63, 3.8) is 0 Å². The number of anilines is 2. The molecule has 2 aromatic carbocycles. The van der Waals surface area contributed by atoms with E-state index in [0.29, 0.717) is 17.0 Å². The molecule has 3 N–H and O–H groups in total. The zero-order valence-corrected chi connectivity index (χ0v) is 12.8. The van der Waals surface area contributed by atoms with Crippen LogP contribution in [-0.2, 0) is 0 Å². The minimum atomic E-state index is -0.261. The van der Waals surface area contributed by atoms with Gasteiger partial charge in [0.15, 0.2) is 0 Å². The molecule has 0 spiro atoms. The van der Waals surface area contributed by atoms with Gasteiger partial charge in [0.2, 0.25) is 0 Å². The second kappa shape index (κ2) is 5.96. The fourth-order valence-electron chi connectivity index (χ4n) is 1.84. The lowest BCUT2D eigenvalue weighted by molar-refractivity contribution is 0.102. The zero-order chi connectivity index (χ0) is 14.7. The van der Waals surface area contributed by atoms with E-state index in [1.807, 2.05) is 25.1 Å². The second-order valence-corrected chi connectivity index (χ2v) is 5.19. The SMILES string of the molecule is COc1cccc(C(=O)Nc2ccc(Br)c(C)c2)c1N. The van der Waals surface area contributed by atoms with E-state index in [4.69, 9.17) is 10.5 Å². The van der Waals surface area contributed by atoms with Gasteiger partial charge in [0, 0.05) is 10.2 Å². The number of ether oxygens (including phenoxy) is 1. The van der Waals surface area contributed by atoms with Gasteiger partial charge in [-0.1, -0.05) is 22.0 Å². The van der Waals surface area contributed by atoms with Crippen molar-refractivity contribution >= 4 is 33.2 Å². The first kappa shape index (κ1) is 14.4. The molecule has 5 heteroatoms. The van der Waals surface area contributed by atoms with Crippen molar-refractivity contribution in [1.29, 1.82) is 0 Å². The number of para-hydroxylation sites is 1. The fourth-order valence-corrected chi connectivity index (χ4v) is 2.09. The molecule has 0 aliphatic carbocycles. The van der Waals surface area contributed by atoms with E-state index in [1.165, 1.54) is 7.11 Å². The molecule has 0 radical (unpaired) electrons. The number of rotatable bonds is 3. The number of hydrogen-bond acceptors (Lipinski definition) is 3. The maximum Gasteiger partial charge on any atom is 0.257 e. The van der Waals surface area contributed by atoms with Gasteiger partial charge in [-0.3, -0.25) is 4.79 Å². The molecular formula is C15H15BrN2O2. The number of nitrogens with two attached hydrogens (primary N) is 1. The topological polar surface area (TPSA) is 64.3 Å². The summed E-state index contributed by atoms with van der Waals surface area (Å²) < 4.78 is 6.11. The number of aryl methyl sites for hydroxylation is 1. The molecule has 0 unspecified atom stereocenters. The van der Waals surface area contributed by atoms with Crippen LogP contribution in [0.2, 0.25) is 0 Å².